The van der Waals surface area contributed by atoms with Crippen LogP contribution in [0.25, 0.3) is 4.96 Å². The van der Waals surface area contributed by atoms with Crippen molar-refractivity contribution in [3.63, 3.8) is 0 Å². The maximum atomic E-state index is 4.80. The number of hydrogen-bond donors (Lipinski definition) is 1. The van der Waals surface area contributed by atoms with Crippen molar-refractivity contribution in [2.75, 3.05) is 25.4 Å². The number of hydrogen-bond acceptors (Lipinski definition) is 4. The molecule has 1 N–H and O–H groups in total. The van der Waals surface area contributed by atoms with Gasteiger partial charge in [-0.15, -0.1) is 11.3 Å². The third-order valence-corrected chi connectivity index (χ3v) is 5.66. The summed E-state index contributed by atoms with van der Waals surface area (Å²) in [5.74, 6) is 2.16. The molecule has 1 aliphatic heterocycles. The molecule has 22 heavy (non-hydrogen) atoms. The van der Waals surface area contributed by atoms with E-state index in [4.69, 9.17) is 4.99 Å². The van der Waals surface area contributed by atoms with Crippen LogP contribution in [0, 0.1) is 0 Å². The van der Waals surface area contributed by atoms with Gasteiger partial charge in [-0.25, -0.2) is 9.98 Å². The Bertz CT molecular complexity index is 629. The Morgan fingerprint density at radius 3 is 3.09 bits per heavy atom. The molecule has 0 unspecified atom stereocenters. The van der Waals surface area contributed by atoms with Crippen molar-refractivity contribution in [2.24, 2.45) is 4.99 Å². The number of rotatable bonds is 3. The van der Waals surface area contributed by atoms with Crippen LogP contribution in [-0.2, 0) is 6.54 Å². The smallest absolute Gasteiger partial charge is 0.194 e. The monoisotopic (exact) mass is 337 g/mol. The first-order valence-corrected chi connectivity index (χ1v) is 9.52. The van der Waals surface area contributed by atoms with Crippen molar-refractivity contribution >= 4 is 34.0 Å². The molecular formula is C15H23N5S2. The molecule has 1 saturated heterocycles. The average Bonchev–Trinajstić information content (AvgIpc) is 3.03. The molecular weight excluding hydrogens is 314 g/mol. The highest BCUT2D eigenvalue weighted by Gasteiger charge is 2.28. The van der Waals surface area contributed by atoms with E-state index in [9.17, 15) is 0 Å². The highest BCUT2D eigenvalue weighted by molar-refractivity contribution is 8.00. The van der Waals surface area contributed by atoms with Crippen LogP contribution in [0.15, 0.2) is 22.8 Å². The molecule has 3 heterocycles. The largest absolute Gasteiger partial charge is 0.357 e. The summed E-state index contributed by atoms with van der Waals surface area (Å²) in [6.07, 6.45) is 4.10. The van der Waals surface area contributed by atoms with E-state index in [2.05, 4.69) is 46.6 Å². The van der Waals surface area contributed by atoms with Gasteiger partial charge in [0, 0.05) is 47.9 Å². The van der Waals surface area contributed by atoms with Crippen LogP contribution in [0.2, 0.25) is 0 Å². The number of nitrogens with zero attached hydrogens (tertiary/aromatic N) is 4. The fraction of sp³-hybridized carbons (Fsp3) is 0.600. The fourth-order valence-electron chi connectivity index (χ4n) is 2.63. The van der Waals surface area contributed by atoms with Crippen LogP contribution >= 0.6 is 23.1 Å². The molecule has 1 aliphatic rings. The lowest BCUT2D eigenvalue weighted by atomic mass is 10.2. The van der Waals surface area contributed by atoms with E-state index in [-0.39, 0.29) is 4.75 Å². The quantitative estimate of drug-likeness (QED) is 0.691. The lowest BCUT2D eigenvalue weighted by Crippen LogP contribution is -2.50. The molecule has 0 spiro atoms. The van der Waals surface area contributed by atoms with Crippen molar-refractivity contribution < 1.29 is 0 Å². The standard InChI is InChI=1S/C15H23N5S2/c1-4-16-13(20-6-8-22-15(2,3)11-20)17-9-12-10-19-5-7-21-14(19)18-12/h5,7,10H,4,6,8-9,11H2,1-3H3,(H,16,17). The first-order valence-electron chi connectivity index (χ1n) is 7.66. The first kappa shape index (κ1) is 15.7. The Hall–Kier alpha value is -1.21. The van der Waals surface area contributed by atoms with Gasteiger partial charge in [0.25, 0.3) is 0 Å². The molecule has 2 aromatic rings. The lowest BCUT2D eigenvalue weighted by molar-refractivity contribution is 0.375. The third kappa shape index (κ3) is 3.57. The van der Waals surface area contributed by atoms with Gasteiger partial charge in [0.15, 0.2) is 10.9 Å². The molecule has 0 aliphatic carbocycles. The Morgan fingerprint density at radius 2 is 2.36 bits per heavy atom. The molecule has 3 rings (SSSR count). The molecule has 0 bridgehead atoms. The summed E-state index contributed by atoms with van der Waals surface area (Å²) < 4.78 is 2.34. The molecule has 0 aromatic carbocycles. The minimum Gasteiger partial charge on any atom is -0.357 e. The van der Waals surface area contributed by atoms with Gasteiger partial charge < -0.3 is 10.2 Å². The number of aliphatic imine (C=N–C) groups is 1. The fourth-order valence-corrected chi connectivity index (χ4v) is 4.46. The zero-order valence-corrected chi connectivity index (χ0v) is 15.0. The molecule has 1 fully saturated rings. The van der Waals surface area contributed by atoms with Crippen molar-refractivity contribution in [2.45, 2.75) is 32.1 Å². The highest BCUT2D eigenvalue weighted by Crippen LogP contribution is 2.29. The SMILES string of the molecule is CCNC(=NCc1cn2ccsc2n1)N1CCSC(C)(C)C1. The third-order valence-electron chi connectivity index (χ3n) is 3.59. The van der Waals surface area contributed by atoms with Crippen molar-refractivity contribution in [1.29, 1.82) is 0 Å². The number of nitrogens with one attached hydrogen (secondary N) is 1. The predicted octanol–water partition coefficient (Wildman–Crippen LogP) is 2.69. The summed E-state index contributed by atoms with van der Waals surface area (Å²) in [5.41, 5.74) is 1.02. The minimum absolute atomic E-state index is 0.283. The number of imidazole rings is 1. The number of aromatic nitrogens is 2. The molecule has 120 valence electrons. The summed E-state index contributed by atoms with van der Waals surface area (Å²) in [7, 11) is 0. The van der Waals surface area contributed by atoms with Crippen LogP contribution in [0.4, 0.5) is 0 Å². The van der Waals surface area contributed by atoms with E-state index >= 15 is 0 Å². The first-order chi connectivity index (χ1) is 10.6. The molecule has 0 radical (unpaired) electrons. The maximum Gasteiger partial charge on any atom is 0.194 e. The molecule has 7 heteroatoms. The minimum atomic E-state index is 0.283. The topological polar surface area (TPSA) is 44.9 Å². The number of guanidine groups is 1. The van der Waals surface area contributed by atoms with Gasteiger partial charge in [-0.05, 0) is 20.8 Å². The summed E-state index contributed by atoms with van der Waals surface area (Å²) in [6, 6.07) is 0. The second-order valence-electron chi connectivity index (χ2n) is 6.02. The van der Waals surface area contributed by atoms with E-state index in [1.54, 1.807) is 11.3 Å². The lowest BCUT2D eigenvalue weighted by Gasteiger charge is -2.39. The summed E-state index contributed by atoms with van der Waals surface area (Å²) in [6.45, 7) is 10.3. The summed E-state index contributed by atoms with van der Waals surface area (Å²) in [4.78, 5) is 12.8. The van der Waals surface area contributed by atoms with Gasteiger partial charge in [0.1, 0.15) is 0 Å². The Balaban J connectivity index is 1.73. The average molecular weight is 338 g/mol. The second kappa shape index (κ2) is 6.50. The van der Waals surface area contributed by atoms with Gasteiger partial charge in [-0.1, -0.05) is 0 Å². The van der Waals surface area contributed by atoms with E-state index in [0.717, 1.165) is 42.0 Å². The number of thioether (sulfide) groups is 1. The zero-order valence-electron chi connectivity index (χ0n) is 13.4. The van der Waals surface area contributed by atoms with Gasteiger partial charge in [-0.2, -0.15) is 11.8 Å². The van der Waals surface area contributed by atoms with Crippen LogP contribution in [-0.4, -0.2) is 50.4 Å². The van der Waals surface area contributed by atoms with E-state index in [1.807, 2.05) is 23.3 Å². The van der Waals surface area contributed by atoms with Crippen molar-refractivity contribution in [1.82, 2.24) is 19.6 Å². The maximum absolute atomic E-state index is 4.80. The summed E-state index contributed by atoms with van der Waals surface area (Å²) >= 11 is 3.69. The Kier molecular flexibility index (Phi) is 4.63. The van der Waals surface area contributed by atoms with Crippen LogP contribution in [0.5, 0.6) is 0 Å². The predicted molar refractivity (Wildman–Crippen MR) is 96.0 cm³/mol. The van der Waals surface area contributed by atoms with Crippen LogP contribution in [0.3, 0.4) is 0 Å². The molecule has 0 atom stereocenters. The molecule has 2 aromatic heterocycles. The number of fused-ring (bicyclic) bond motifs is 1. The zero-order chi connectivity index (χ0) is 15.6. The van der Waals surface area contributed by atoms with E-state index in [0.29, 0.717) is 6.54 Å². The molecule has 0 saturated carbocycles. The van der Waals surface area contributed by atoms with Gasteiger partial charge >= 0.3 is 0 Å². The van der Waals surface area contributed by atoms with E-state index in [1.165, 1.54) is 0 Å². The van der Waals surface area contributed by atoms with Gasteiger partial charge in [-0.3, -0.25) is 4.40 Å². The van der Waals surface area contributed by atoms with E-state index < -0.39 is 0 Å². The van der Waals surface area contributed by atoms with Gasteiger partial charge in [0.2, 0.25) is 0 Å². The molecule has 5 nitrogen and oxygen atoms in total. The van der Waals surface area contributed by atoms with Gasteiger partial charge in [0.05, 0.1) is 12.2 Å². The Morgan fingerprint density at radius 1 is 1.50 bits per heavy atom. The number of thiazole rings is 1. The van der Waals surface area contributed by atoms with Crippen molar-refractivity contribution in [3.05, 3.63) is 23.5 Å². The Labute approximate surface area is 139 Å². The second-order valence-corrected chi connectivity index (χ2v) is 8.70. The normalized spacial score (nSPS) is 18.9. The van der Waals surface area contributed by atoms with Crippen LogP contribution < -0.4 is 5.32 Å². The highest BCUT2D eigenvalue weighted by atomic mass is 32.2. The summed E-state index contributed by atoms with van der Waals surface area (Å²) in [5, 5.41) is 5.47. The van der Waals surface area contributed by atoms with Crippen LogP contribution in [0.1, 0.15) is 26.5 Å². The van der Waals surface area contributed by atoms with Crippen molar-refractivity contribution in [3.8, 4) is 0 Å². The molecule has 0 amide bonds.